The van der Waals surface area contributed by atoms with Crippen molar-refractivity contribution in [2.24, 2.45) is 0 Å². The van der Waals surface area contributed by atoms with Crippen LogP contribution >= 0.6 is 0 Å². The number of hydrogen-bond acceptors (Lipinski definition) is 11. The third-order valence-electron chi connectivity index (χ3n) is 6.06. The highest BCUT2D eigenvalue weighted by Crippen LogP contribution is 2.45. The van der Waals surface area contributed by atoms with Crippen molar-refractivity contribution in [1.29, 1.82) is 0 Å². The van der Waals surface area contributed by atoms with E-state index in [2.05, 4.69) is 0 Å². The number of aromatic hydroxyl groups is 2. The number of rotatable bonds is 6. The highest BCUT2D eigenvalue weighted by atomic mass is 16.7. The quantitative estimate of drug-likeness (QED) is 0.329. The second-order valence-electron chi connectivity index (χ2n) is 8.17. The van der Waals surface area contributed by atoms with Crippen LogP contribution in [0.2, 0.25) is 0 Å². The van der Waals surface area contributed by atoms with Gasteiger partial charge in [0, 0.05) is 24.1 Å². The van der Waals surface area contributed by atoms with E-state index in [0.29, 0.717) is 22.6 Å². The molecule has 0 aromatic heterocycles. The summed E-state index contributed by atoms with van der Waals surface area (Å²) in [6, 6.07) is 7.47. The maximum Gasteiger partial charge on any atom is 0.187 e. The van der Waals surface area contributed by atoms with Gasteiger partial charge in [-0.25, -0.2) is 0 Å². The number of benzene rings is 2. The van der Waals surface area contributed by atoms with Gasteiger partial charge >= 0.3 is 0 Å². The lowest BCUT2D eigenvalue weighted by Gasteiger charge is -2.43. The zero-order chi connectivity index (χ0) is 24.6. The van der Waals surface area contributed by atoms with Gasteiger partial charge < -0.3 is 54.3 Å². The van der Waals surface area contributed by atoms with E-state index in [1.807, 2.05) is 0 Å². The first-order valence-corrected chi connectivity index (χ1v) is 10.7. The topological polar surface area (TPSA) is 168 Å². The van der Waals surface area contributed by atoms with Gasteiger partial charge in [0.1, 0.15) is 47.8 Å². The number of phenolic OH excluding ortho intramolecular Hbond substituents is 2. The first-order valence-electron chi connectivity index (χ1n) is 10.7. The normalized spacial score (nSPS) is 30.8. The van der Waals surface area contributed by atoms with E-state index >= 15 is 0 Å². The summed E-state index contributed by atoms with van der Waals surface area (Å²) in [6.07, 6.45) is -8.70. The fourth-order valence-electron chi connectivity index (χ4n) is 4.24. The Labute approximate surface area is 195 Å². The number of fused-ring (bicyclic) bond motifs is 1. The molecule has 34 heavy (non-hydrogen) atoms. The molecule has 2 aliphatic rings. The number of phenols is 2. The molecule has 0 spiro atoms. The molecule has 186 valence electrons. The second kappa shape index (κ2) is 9.82. The Morgan fingerprint density at radius 1 is 0.941 bits per heavy atom. The molecular weight excluding hydrogens is 452 g/mol. The van der Waals surface area contributed by atoms with E-state index in [-0.39, 0.29) is 23.7 Å². The zero-order valence-corrected chi connectivity index (χ0v) is 18.6. The minimum Gasteiger partial charge on any atom is -0.508 e. The third kappa shape index (κ3) is 4.45. The Bertz CT molecular complexity index is 1010. The van der Waals surface area contributed by atoms with Gasteiger partial charge in [-0.05, 0) is 17.7 Å². The van der Waals surface area contributed by atoms with E-state index in [1.54, 1.807) is 12.1 Å². The Balaban J connectivity index is 1.71. The van der Waals surface area contributed by atoms with Crippen LogP contribution < -0.4 is 14.2 Å². The van der Waals surface area contributed by atoms with E-state index < -0.39 is 49.5 Å². The smallest absolute Gasteiger partial charge is 0.187 e. The molecule has 4 rings (SSSR count). The SMILES string of the molecule is COc1cc([C@H]2Oc3cc(O)cc(OC)c3C[C@@H]2O[C@H]2O[C@H](CO)[C@H](O)[C@@H](O)[C@H]2O)ccc1O. The molecule has 2 heterocycles. The van der Waals surface area contributed by atoms with Crippen molar-refractivity contribution < 1.29 is 54.3 Å². The number of methoxy groups -OCH3 is 2. The predicted molar refractivity (Wildman–Crippen MR) is 115 cm³/mol. The van der Waals surface area contributed by atoms with Gasteiger partial charge in [0.2, 0.25) is 0 Å². The van der Waals surface area contributed by atoms with Crippen molar-refractivity contribution >= 4 is 0 Å². The van der Waals surface area contributed by atoms with Gasteiger partial charge in [-0.2, -0.15) is 0 Å². The lowest BCUT2D eigenvalue weighted by atomic mass is 9.93. The van der Waals surface area contributed by atoms with Crippen molar-refractivity contribution in [2.75, 3.05) is 20.8 Å². The molecule has 7 atom stereocenters. The summed E-state index contributed by atoms with van der Waals surface area (Å²) in [4.78, 5) is 0. The van der Waals surface area contributed by atoms with Crippen LogP contribution in [0.3, 0.4) is 0 Å². The molecule has 0 bridgehead atoms. The average Bonchev–Trinajstić information content (AvgIpc) is 2.83. The maximum atomic E-state index is 10.5. The molecule has 1 saturated heterocycles. The summed E-state index contributed by atoms with van der Waals surface area (Å²) >= 11 is 0. The van der Waals surface area contributed by atoms with Crippen LogP contribution in [0.15, 0.2) is 30.3 Å². The molecule has 0 aliphatic carbocycles. The number of aliphatic hydroxyl groups excluding tert-OH is 4. The fourth-order valence-corrected chi connectivity index (χ4v) is 4.24. The Morgan fingerprint density at radius 2 is 1.68 bits per heavy atom. The van der Waals surface area contributed by atoms with Crippen LogP contribution in [0, 0.1) is 0 Å². The molecule has 2 aromatic rings. The molecule has 1 fully saturated rings. The predicted octanol–water partition coefficient (Wildman–Crippen LogP) is -0.0237. The van der Waals surface area contributed by atoms with Gasteiger partial charge in [-0.3, -0.25) is 0 Å². The van der Waals surface area contributed by atoms with E-state index in [9.17, 15) is 30.6 Å². The van der Waals surface area contributed by atoms with Crippen LogP contribution in [0.4, 0.5) is 0 Å². The van der Waals surface area contributed by atoms with Crippen LogP contribution in [0.5, 0.6) is 28.7 Å². The standard InChI is InChI=1S/C23H28O11/c1-30-14-6-11(25)7-15-12(14)8-17(22(32-15)10-3-4-13(26)16(5-10)31-2)33-23-21(29)20(28)19(27)18(9-24)34-23/h3-7,17-29H,8-9H2,1-2H3/t17-,18+,19-,20+,21+,22+,23-/m0/s1. The van der Waals surface area contributed by atoms with Crippen molar-refractivity contribution in [1.82, 2.24) is 0 Å². The number of aliphatic hydroxyl groups is 4. The van der Waals surface area contributed by atoms with Gasteiger partial charge in [0.25, 0.3) is 0 Å². The van der Waals surface area contributed by atoms with Gasteiger partial charge in [-0.1, -0.05) is 6.07 Å². The molecule has 0 amide bonds. The van der Waals surface area contributed by atoms with Crippen molar-refractivity contribution in [3.8, 4) is 28.7 Å². The molecule has 11 nitrogen and oxygen atoms in total. The molecule has 0 saturated carbocycles. The summed E-state index contributed by atoms with van der Waals surface area (Å²) in [5, 5.41) is 60.2. The summed E-state index contributed by atoms with van der Waals surface area (Å²) in [5.41, 5.74) is 1.15. The average molecular weight is 480 g/mol. The summed E-state index contributed by atoms with van der Waals surface area (Å²) in [7, 11) is 2.85. The largest absolute Gasteiger partial charge is 0.508 e. The second-order valence-corrected chi connectivity index (χ2v) is 8.17. The Kier molecular flexibility index (Phi) is 7.03. The van der Waals surface area contributed by atoms with Crippen LogP contribution in [0.25, 0.3) is 0 Å². The van der Waals surface area contributed by atoms with Crippen LogP contribution in [-0.4, -0.2) is 88.3 Å². The summed E-state index contributed by atoms with van der Waals surface area (Å²) in [6.45, 7) is -0.597. The highest BCUT2D eigenvalue weighted by molar-refractivity contribution is 5.52. The number of ether oxygens (including phenoxy) is 5. The lowest BCUT2D eigenvalue weighted by molar-refractivity contribution is -0.317. The molecule has 0 radical (unpaired) electrons. The third-order valence-corrected chi connectivity index (χ3v) is 6.06. The van der Waals surface area contributed by atoms with Crippen molar-refractivity contribution in [3.63, 3.8) is 0 Å². The van der Waals surface area contributed by atoms with Crippen molar-refractivity contribution in [3.05, 3.63) is 41.5 Å². The molecule has 11 heteroatoms. The minimum atomic E-state index is -1.61. The van der Waals surface area contributed by atoms with Crippen LogP contribution in [-0.2, 0) is 15.9 Å². The highest BCUT2D eigenvalue weighted by Gasteiger charge is 2.46. The lowest BCUT2D eigenvalue weighted by Crippen LogP contribution is -2.60. The molecule has 6 N–H and O–H groups in total. The first kappa shape index (κ1) is 24.3. The van der Waals surface area contributed by atoms with E-state index in [1.165, 1.54) is 32.4 Å². The monoisotopic (exact) mass is 480 g/mol. The summed E-state index contributed by atoms with van der Waals surface area (Å²) in [5.74, 6) is 0.771. The van der Waals surface area contributed by atoms with E-state index in [4.69, 9.17) is 23.7 Å². The summed E-state index contributed by atoms with van der Waals surface area (Å²) < 4.78 is 28.3. The zero-order valence-electron chi connectivity index (χ0n) is 18.6. The van der Waals surface area contributed by atoms with Gasteiger partial charge in [-0.15, -0.1) is 0 Å². The van der Waals surface area contributed by atoms with E-state index in [0.717, 1.165) is 0 Å². The van der Waals surface area contributed by atoms with Crippen LogP contribution in [0.1, 0.15) is 17.2 Å². The van der Waals surface area contributed by atoms with Crippen molar-refractivity contribution in [2.45, 2.75) is 49.3 Å². The Hall–Kier alpha value is -2.80. The molecular formula is C23H28O11. The fraction of sp³-hybridized carbons (Fsp3) is 0.478. The molecule has 2 aliphatic heterocycles. The minimum absolute atomic E-state index is 0.0639. The Morgan fingerprint density at radius 3 is 2.35 bits per heavy atom. The molecule has 2 aromatic carbocycles. The first-order chi connectivity index (χ1) is 16.3. The van der Waals surface area contributed by atoms with Gasteiger partial charge in [0.05, 0.1) is 20.8 Å². The number of hydrogen-bond donors (Lipinski definition) is 6. The van der Waals surface area contributed by atoms with Gasteiger partial charge in [0.15, 0.2) is 23.9 Å². The molecule has 0 unspecified atom stereocenters. The maximum absolute atomic E-state index is 10.5.